The highest BCUT2D eigenvalue weighted by atomic mass is 16.5. The quantitative estimate of drug-likeness (QED) is 0.326. The first-order valence-corrected chi connectivity index (χ1v) is 6.47. The van der Waals surface area contributed by atoms with Crippen molar-refractivity contribution in [2.75, 3.05) is 19.7 Å². The van der Waals surface area contributed by atoms with Gasteiger partial charge in [-0.2, -0.15) is 0 Å². The second-order valence-electron chi connectivity index (χ2n) is 5.30. The third kappa shape index (κ3) is 2.43. The smallest absolute Gasteiger partial charge is 0.254 e. The predicted octanol–water partition coefficient (Wildman–Crippen LogP) is 0.540. The summed E-state index contributed by atoms with van der Waals surface area (Å²) in [6, 6.07) is 0. The van der Waals surface area contributed by atoms with Crippen LogP contribution in [0, 0.1) is 5.92 Å². The minimum atomic E-state index is -0.674. The molecule has 2 fully saturated rings. The van der Waals surface area contributed by atoms with Crippen molar-refractivity contribution in [3.63, 3.8) is 0 Å². The molecule has 2 aliphatic heterocycles. The summed E-state index contributed by atoms with van der Waals surface area (Å²) < 4.78 is 5.58. The number of piperidine rings is 1. The van der Waals surface area contributed by atoms with Crippen LogP contribution >= 0.6 is 0 Å². The lowest BCUT2D eigenvalue weighted by Gasteiger charge is -2.36. The van der Waals surface area contributed by atoms with Crippen LogP contribution in [-0.4, -0.2) is 47.1 Å². The van der Waals surface area contributed by atoms with Crippen molar-refractivity contribution in [3.05, 3.63) is 0 Å². The minimum absolute atomic E-state index is 0.0374. The zero-order valence-electron chi connectivity index (χ0n) is 10.8. The molecule has 6 heteroatoms. The summed E-state index contributed by atoms with van der Waals surface area (Å²) in [6.45, 7) is 3.76. The Hall–Kier alpha value is -1.30. The molecule has 2 aliphatic rings. The van der Waals surface area contributed by atoms with Gasteiger partial charge in [-0.05, 0) is 32.6 Å². The number of likely N-dealkylation sites (tertiary alicyclic amines) is 1. The second-order valence-corrected chi connectivity index (χ2v) is 5.30. The number of oxime groups is 1. The van der Waals surface area contributed by atoms with Crippen LogP contribution in [0.2, 0.25) is 0 Å². The Balaban J connectivity index is 2.02. The molecule has 3 N–H and O–H groups in total. The number of carbonyl (C=O) groups is 1. The molecule has 102 valence electrons. The Bertz CT molecular complexity index is 350. The summed E-state index contributed by atoms with van der Waals surface area (Å²) in [6.07, 6.45) is 3.44. The Morgan fingerprint density at radius 3 is 2.94 bits per heavy atom. The summed E-state index contributed by atoms with van der Waals surface area (Å²) in [5, 5.41) is 11.8. The molecule has 0 aromatic rings. The molecule has 2 atom stereocenters. The highest BCUT2D eigenvalue weighted by Gasteiger charge is 2.42. The summed E-state index contributed by atoms with van der Waals surface area (Å²) in [7, 11) is 0. The number of amides is 1. The molecule has 2 heterocycles. The van der Waals surface area contributed by atoms with Crippen molar-refractivity contribution in [2.24, 2.45) is 16.8 Å². The fourth-order valence-corrected chi connectivity index (χ4v) is 2.77. The van der Waals surface area contributed by atoms with E-state index < -0.39 is 5.60 Å². The van der Waals surface area contributed by atoms with E-state index in [4.69, 9.17) is 15.7 Å². The molecule has 18 heavy (non-hydrogen) atoms. The topological polar surface area (TPSA) is 88.2 Å². The number of hydrogen-bond acceptors (Lipinski definition) is 4. The zero-order chi connectivity index (χ0) is 13.2. The Morgan fingerprint density at radius 2 is 2.33 bits per heavy atom. The molecule has 0 aromatic carbocycles. The predicted molar refractivity (Wildman–Crippen MR) is 66.3 cm³/mol. The van der Waals surface area contributed by atoms with E-state index in [9.17, 15) is 4.79 Å². The van der Waals surface area contributed by atoms with Crippen molar-refractivity contribution in [1.82, 2.24) is 4.90 Å². The molecule has 1 amide bonds. The van der Waals surface area contributed by atoms with Gasteiger partial charge in [-0.1, -0.05) is 5.16 Å². The van der Waals surface area contributed by atoms with E-state index in [1.165, 1.54) is 0 Å². The fourth-order valence-electron chi connectivity index (χ4n) is 2.77. The number of hydrogen-bond donors (Lipinski definition) is 2. The van der Waals surface area contributed by atoms with E-state index in [0.717, 1.165) is 32.2 Å². The van der Waals surface area contributed by atoms with E-state index >= 15 is 0 Å². The molecule has 2 rings (SSSR count). The lowest BCUT2D eigenvalue weighted by Crippen LogP contribution is -2.52. The van der Waals surface area contributed by atoms with Crippen molar-refractivity contribution < 1.29 is 14.7 Å². The number of ether oxygens (including phenoxy) is 1. The SMILES string of the molecule is CC1(C(=O)N2CCCC(C(N)=NO)C2)CCCO1. The van der Waals surface area contributed by atoms with Crippen LogP contribution in [0.1, 0.15) is 32.6 Å². The van der Waals surface area contributed by atoms with Gasteiger partial charge >= 0.3 is 0 Å². The van der Waals surface area contributed by atoms with E-state index in [-0.39, 0.29) is 17.7 Å². The molecule has 0 bridgehead atoms. The van der Waals surface area contributed by atoms with Gasteiger partial charge in [-0.15, -0.1) is 0 Å². The zero-order valence-corrected chi connectivity index (χ0v) is 10.8. The minimum Gasteiger partial charge on any atom is -0.409 e. The van der Waals surface area contributed by atoms with Crippen LogP contribution in [-0.2, 0) is 9.53 Å². The Morgan fingerprint density at radius 1 is 1.56 bits per heavy atom. The Labute approximate surface area is 107 Å². The second kappa shape index (κ2) is 5.14. The third-order valence-corrected chi connectivity index (χ3v) is 3.91. The van der Waals surface area contributed by atoms with Gasteiger partial charge < -0.3 is 20.6 Å². The highest BCUT2D eigenvalue weighted by molar-refractivity contribution is 5.87. The van der Waals surface area contributed by atoms with E-state index in [1.54, 1.807) is 4.90 Å². The van der Waals surface area contributed by atoms with Crippen molar-refractivity contribution in [1.29, 1.82) is 0 Å². The first-order chi connectivity index (χ1) is 8.57. The molecule has 6 nitrogen and oxygen atoms in total. The number of rotatable bonds is 2. The average Bonchev–Trinajstić information content (AvgIpc) is 2.85. The normalized spacial score (nSPS) is 33.7. The van der Waals surface area contributed by atoms with Crippen LogP contribution < -0.4 is 5.73 Å². The van der Waals surface area contributed by atoms with Crippen LogP contribution in [0.5, 0.6) is 0 Å². The van der Waals surface area contributed by atoms with Crippen LogP contribution in [0.15, 0.2) is 5.16 Å². The summed E-state index contributed by atoms with van der Waals surface area (Å²) >= 11 is 0. The number of amidine groups is 1. The summed E-state index contributed by atoms with van der Waals surface area (Å²) in [5.41, 5.74) is 4.95. The van der Waals surface area contributed by atoms with Gasteiger partial charge in [-0.25, -0.2) is 0 Å². The highest BCUT2D eigenvalue weighted by Crippen LogP contribution is 2.29. The van der Waals surface area contributed by atoms with Crippen LogP contribution in [0.4, 0.5) is 0 Å². The molecule has 0 spiro atoms. The molecule has 0 aromatic heterocycles. The summed E-state index contributed by atoms with van der Waals surface area (Å²) in [4.78, 5) is 14.2. The van der Waals surface area contributed by atoms with Crippen LogP contribution in [0.25, 0.3) is 0 Å². The lowest BCUT2D eigenvalue weighted by molar-refractivity contribution is -0.152. The van der Waals surface area contributed by atoms with Gasteiger partial charge in [0.2, 0.25) is 0 Å². The fraction of sp³-hybridized carbons (Fsp3) is 0.833. The molecular formula is C12H21N3O3. The maximum Gasteiger partial charge on any atom is 0.254 e. The standard InChI is InChI=1S/C12H21N3O3/c1-12(5-3-7-18-12)11(16)15-6-2-4-9(8-15)10(13)14-17/h9,17H,2-8H2,1H3,(H2,13,14). The van der Waals surface area contributed by atoms with Gasteiger partial charge in [0.1, 0.15) is 11.4 Å². The maximum atomic E-state index is 12.4. The van der Waals surface area contributed by atoms with E-state index in [0.29, 0.717) is 13.2 Å². The van der Waals surface area contributed by atoms with Crippen molar-refractivity contribution in [2.45, 2.75) is 38.2 Å². The number of nitrogens with zero attached hydrogens (tertiary/aromatic N) is 2. The van der Waals surface area contributed by atoms with Crippen LogP contribution in [0.3, 0.4) is 0 Å². The first kappa shape index (κ1) is 13.1. The third-order valence-electron chi connectivity index (χ3n) is 3.91. The van der Waals surface area contributed by atoms with Gasteiger partial charge in [0.25, 0.3) is 5.91 Å². The van der Waals surface area contributed by atoms with Gasteiger partial charge in [-0.3, -0.25) is 4.79 Å². The lowest BCUT2D eigenvalue weighted by atomic mass is 9.94. The number of nitrogens with two attached hydrogens (primary N) is 1. The molecular weight excluding hydrogens is 234 g/mol. The average molecular weight is 255 g/mol. The summed E-state index contributed by atoms with van der Waals surface area (Å²) in [5.74, 6) is 0.207. The van der Waals surface area contributed by atoms with Crippen molar-refractivity contribution in [3.8, 4) is 0 Å². The van der Waals surface area contributed by atoms with Gasteiger partial charge in [0.15, 0.2) is 0 Å². The first-order valence-electron chi connectivity index (χ1n) is 6.47. The monoisotopic (exact) mass is 255 g/mol. The molecule has 2 saturated heterocycles. The maximum absolute atomic E-state index is 12.4. The van der Waals surface area contributed by atoms with Gasteiger partial charge in [0, 0.05) is 25.6 Å². The molecule has 2 unspecified atom stereocenters. The van der Waals surface area contributed by atoms with Gasteiger partial charge in [0.05, 0.1) is 0 Å². The van der Waals surface area contributed by atoms with Crippen molar-refractivity contribution >= 4 is 11.7 Å². The molecule has 0 aliphatic carbocycles. The van der Waals surface area contributed by atoms with E-state index in [2.05, 4.69) is 5.16 Å². The molecule has 0 saturated carbocycles. The largest absolute Gasteiger partial charge is 0.409 e. The Kier molecular flexibility index (Phi) is 3.75. The number of carbonyl (C=O) groups excluding carboxylic acids is 1. The van der Waals surface area contributed by atoms with E-state index in [1.807, 2.05) is 6.92 Å². The molecule has 0 radical (unpaired) electrons.